The largest absolute Gasteiger partial charge is 0.380 e. The summed E-state index contributed by atoms with van der Waals surface area (Å²) in [6.07, 6.45) is 1.41. The molecule has 2 aromatic carbocycles. The molecule has 0 aliphatic carbocycles. The van der Waals surface area contributed by atoms with Gasteiger partial charge in [0.05, 0.1) is 5.56 Å². The van der Waals surface area contributed by atoms with E-state index in [2.05, 4.69) is 5.32 Å². The van der Waals surface area contributed by atoms with Crippen LogP contribution in [0, 0.1) is 12.7 Å². The SMILES string of the molecule is Cc1ccc(NC2CCN(C(=O)c3cc(C=O)ccc3F)C2)cc1. The first-order valence-electron chi connectivity index (χ1n) is 7.94. The van der Waals surface area contributed by atoms with Crippen molar-refractivity contribution in [2.24, 2.45) is 0 Å². The van der Waals surface area contributed by atoms with Gasteiger partial charge in [-0.2, -0.15) is 0 Å². The lowest BCUT2D eigenvalue weighted by Crippen LogP contribution is -2.32. The maximum atomic E-state index is 13.9. The highest BCUT2D eigenvalue weighted by molar-refractivity contribution is 5.96. The van der Waals surface area contributed by atoms with Gasteiger partial charge in [0.2, 0.25) is 0 Å². The molecule has 1 fully saturated rings. The summed E-state index contributed by atoms with van der Waals surface area (Å²) in [5, 5.41) is 3.40. The Labute approximate surface area is 140 Å². The van der Waals surface area contributed by atoms with Crippen LogP contribution in [0.2, 0.25) is 0 Å². The van der Waals surface area contributed by atoms with Gasteiger partial charge in [-0.05, 0) is 43.7 Å². The molecule has 1 heterocycles. The first kappa shape index (κ1) is 16.2. The van der Waals surface area contributed by atoms with Gasteiger partial charge in [0.1, 0.15) is 12.1 Å². The predicted molar refractivity (Wildman–Crippen MR) is 90.9 cm³/mol. The number of likely N-dealkylation sites (tertiary alicyclic amines) is 1. The van der Waals surface area contributed by atoms with E-state index in [1.54, 1.807) is 4.90 Å². The molecule has 0 spiro atoms. The van der Waals surface area contributed by atoms with E-state index in [0.717, 1.165) is 18.2 Å². The van der Waals surface area contributed by atoms with Crippen molar-refractivity contribution in [3.8, 4) is 0 Å². The minimum atomic E-state index is -0.597. The number of nitrogens with one attached hydrogen (secondary N) is 1. The Kier molecular flexibility index (Phi) is 4.60. The fourth-order valence-electron chi connectivity index (χ4n) is 2.90. The van der Waals surface area contributed by atoms with E-state index in [9.17, 15) is 14.0 Å². The van der Waals surface area contributed by atoms with E-state index in [0.29, 0.717) is 24.9 Å². The van der Waals surface area contributed by atoms with E-state index in [4.69, 9.17) is 0 Å². The lowest BCUT2D eigenvalue weighted by atomic mass is 10.1. The molecule has 1 saturated heterocycles. The second-order valence-corrected chi connectivity index (χ2v) is 6.10. The second kappa shape index (κ2) is 6.83. The topological polar surface area (TPSA) is 49.4 Å². The van der Waals surface area contributed by atoms with E-state index in [-0.39, 0.29) is 17.5 Å². The van der Waals surface area contributed by atoms with Gasteiger partial charge < -0.3 is 10.2 Å². The molecule has 4 nitrogen and oxygen atoms in total. The summed E-state index contributed by atoms with van der Waals surface area (Å²) in [5.41, 5.74) is 2.45. The second-order valence-electron chi connectivity index (χ2n) is 6.10. The van der Waals surface area contributed by atoms with Gasteiger partial charge in [-0.3, -0.25) is 9.59 Å². The maximum absolute atomic E-state index is 13.9. The van der Waals surface area contributed by atoms with Crippen molar-refractivity contribution in [1.29, 1.82) is 0 Å². The highest BCUT2D eigenvalue weighted by atomic mass is 19.1. The minimum Gasteiger partial charge on any atom is -0.380 e. The molecule has 124 valence electrons. The molecule has 0 radical (unpaired) electrons. The third-order valence-electron chi connectivity index (χ3n) is 4.25. The number of amides is 1. The predicted octanol–water partition coefficient (Wildman–Crippen LogP) is 3.27. The Morgan fingerprint density at radius 2 is 2.00 bits per heavy atom. The molecule has 0 saturated carbocycles. The first-order chi connectivity index (χ1) is 11.6. The third-order valence-corrected chi connectivity index (χ3v) is 4.25. The van der Waals surface area contributed by atoms with Crippen molar-refractivity contribution in [2.45, 2.75) is 19.4 Å². The highest BCUT2D eigenvalue weighted by Gasteiger charge is 2.28. The number of nitrogens with zero attached hydrogens (tertiary/aromatic N) is 1. The normalized spacial score (nSPS) is 16.9. The van der Waals surface area contributed by atoms with Crippen LogP contribution in [0.3, 0.4) is 0 Å². The van der Waals surface area contributed by atoms with E-state index >= 15 is 0 Å². The van der Waals surface area contributed by atoms with Crippen LogP contribution in [0.15, 0.2) is 42.5 Å². The van der Waals surface area contributed by atoms with Gasteiger partial charge in [0, 0.05) is 30.4 Å². The molecule has 24 heavy (non-hydrogen) atoms. The number of carbonyl (C=O) groups is 2. The Morgan fingerprint density at radius 3 is 2.71 bits per heavy atom. The van der Waals surface area contributed by atoms with Crippen LogP contribution in [0.5, 0.6) is 0 Å². The number of rotatable bonds is 4. The van der Waals surface area contributed by atoms with Crippen molar-refractivity contribution in [2.75, 3.05) is 18.4 Å². The molecule has 1 unspecified atom stereocenters. The molecule has 3 rings (SSSR count). The van der Waals surface area contributed by atoms with Crippen LogP contribution in [0.1, 0.15) is 32.7 Å². The molecule has 1 amide bonds. The van der Waals surface area contributed by atoms with Gasteiger partial charge in [0.25, 0.3) is 5.91 Å². The number of carbonyl (C=O) groups excluding carboxylic acids is 2. The monoisotopic (exact) mass is 326 g/mol. The summed E-state index contributed by atoms with van der Waals surface area (Å²) in [4.78, 5) is 25.0. The molecule has 1 aliphatic heterocycles. The summed E-state index contributed by atoms with van der Waals surface area (Å²) >= 11 is 0. The van der Waals surface area contributed by atoms with E-state index in [1.165, 1.54) is 17.7 Å². The fourth-order valence-corrected chi connectivity index (χ4v) is 2.90. The smallest absolute Gasteiger partial charge is 0.256 e. The van der Waals surface area contributed by atoms with Crippen LogP contribution < -0.4 is 5.32 Å². The van der Waals surface area contributed by atoms with Crippen molar-refractivity contribution in [3.63, 3.8) is 0 Å². The molecule has 1 aliphatic rings. The highest BCUT2D eigenvalue weighted by Crippen LogP contribution is 2.20. The van der Waals surface area contributed by atoms with E-state index < -0.39 is 5.82 Å². The number of anilines is 1. The number of benzene rings is 2. The summed E-state index contributed by atoms with van der Waals surface area (Å²) < 4.78 is 13.9. The zero-order valence-corrected chi connectivity index (χ0v) is 13.5. The average molecular weight is 326 g/mol. The summed E-state index contributed by atoms with van der Waals surface area (Å²) in [6.45, 7) is 3.10. The first-order valence-corrected chi connectivity index (χ1v) is 7.94. The van der Waals surface area contributed by atoms with Crippen LogP contribution in [-0.2, 0) is 0 Å². The molecule has 2 aromatic rings. The Balaban J connectivity index is 1.67. The lowest BCUT2D eigenvalue weighted by Gasteiger charge is -2.18. The van der Waals surface area contributed by atoms with Gasteiger partial charge in [-0.1, -0.05) is 17.7 Å². The minimum absolute atomic E-state index is 0.0458. The number of aldehydes is 1. The molecular formula is C19H19FN2O2. The zero-order chi connectivity index (χ0) is 17.1. The maximum Gasteiger partial charge on any atom is 0.256 e. The van der Waals surface area contributed by atoms with Crippen molar-refractivity contribution in [3.05, 3.63) is 65.0 Å². The Hall–Kier alpha value is -2.69. The van der Waals surface area contributed by atoms with Crippen LogP contribution >= 0.6 is 0 Å². The van der Waals surface area contributed by atoms with Crippen LogP contribution in [0.4, 0.5) is 10.1 Å². The Morgan fingerprint density at radius 1 is 1.25 bits per heavy atom. The number of hydrogen-bond acceptors (Lipinski definition) is 3. The number of halogens is 1. The van der Waals surface area contributed by atoms with Gasteiger partial charge >= 0.3 is 0 Å². The van der Waals surface area contributed by atoms with Gasteiger partial charge in [-0.15, -0.1) is 0 Å². The van der Waals surface area contributed by atoms with Gasteiger partial charge in [0.15, 0.2) is 0 Å². The molecule has 0 bridgehead atoms. The molecular weight excluding hydrogens is 307 g/mol. The van der Waals surface area contributed by atoms with E-state index in [1.807, 2.05) is 31.2 Å². The molecule has 1 atom stereocenters. The standard InChI is InChI=1S/C19H19FN2O2/c1-13-2-5-15(6-3-13)21-16-8-9-22(11-16)19(24)17-10-14(12-23)4-7-18(17)20/h2-7,10,12,16,21H,8-9,11H2,1H3. The summed E-state index contributed by atoms with van der Waals surface area (Å²) in [7, 11) is 0. The lowest BCUT2D eigenvalue weighted by molar-refractivity contribution is 0.0787. The van der Waals surface area contributed by atoms with Gasteiger partial charge in [-0.25, -0.2) is 4.39 Å². The average Bonchev–Trinajstić information content (AvgIpc) is 3.05. The zero-order valence-electron chi connectivity index (χ0n) is 13.5. The molecule has 1 N–H and O–H groups in total. The van der Waals surface area contributed by atoms with Crippen molar-refractivity contribution in [1.82, 2.24) is 4.90 Å². The van der Waals surface area contributed by atoms with Crippen molar-refractivity contribution >= 4 is 17.9 Å². The molecule has 0 aromatic heterocycles. The molecule has 5 heteroatoms. The fraction of sp³-hybridized carbons (Fsp3) is 0.263. The third kappa shape index (κ3) is 3.45. The Bertz CT molecular complexity index is 758. The number of hydrogen-bond donors (Lipinski definition) is 1. The quantitative estimate of drug-likeness (QED) is 0.877. The summed E-state index contributed by atoms with van der Waals surface area (Å²) in [5.74, 6) is -0.968. The van der Waals surface area contributed by atoms with Crippen molar-refractivity contribution < 1.29 is 14.0 Å². The number of aryl methyl sites for hydroxylation is 1. The van der Waals surface area contributed by atoms with Crippen LogP contribution in [-0.4, -0.2) is 36.2 Å². The van der Waals surface area contributed by atoms with Crippen LogP contribution in [0.25, 0.3) is 0 Å². The summed E-state index contributed by atoms with van der Waals surface area (Å²) in [6, 6.07) is 12.0.